The molecule has 0 saturated carbocycles. The summed E-state index contributed by atoms with van der Waals surface area (Å²) in [6.07, 6.45) is 4.96. The van der Waals surface area contributed by atoms with E-state index in [2.05, 4.69) is 15.0 Å². The van der Waals surface area contributed by atoms with Crippen LogP contribution in [0, 0.1) is 5.92 Å². The van der Waals surface area contributed by atoms with Crippen LogP contribution < -0.4 is 10.6 Å². The zero-order valence-electron chi connectivity index (χ0n) is 15.8. The Labute approximate surface area is 172 Å². The summed E-state index contributed by atoms with van der Waals surface area (Å²) in [5, 5.41) is 6.45. The van der Waals surface area contributed by atoms with E-state index in [1.165, 1.54) is 12.8 Å². The summed E-state index contributed by atoms with van der Waals surface area (Å²) in [5.41, 5.74) is 0.602. The molecular formula is C19H27ClN4O3S. The largest absolute Gasteiger partial charge is 0.354 e. The molecule has 28 heavy (non-hydrogen) atoms. The van der Waals surface area contributed by atoms with Crippen LogP contribution in [0.1, 0.15) is 37.7 Å². The molecular weight excluding hydrogens is 400 g/mol. The van der Waals surface area contributed by atoms with Crippen LogP contribution >= 0.6 is 12.4 Å². The van der Waals surface area contributed by atoms with Gasteiger partial charge in [-0.05, 0) is 63.2 Å². The van der Waals surface area contributed by atoms with Gasteiger partial charge in [0.15, 0.2) is 5.84 Å². The van der Waals surface area contributed by atoms with E-state index in [0.717, 1.165) is 32.4 Å². The van der Waals surface area contributed by atoms with Crippen LogP contribution in [0.2, 0.25) is 0 Å². The molecule has 9 heteroatoms. The number of benzene rings is 1. The van der Waals surface area contributed by atoms with Gasteiger partial charge >= 0.3 is 0 Å². The number of sulfonamides is 1. The van der Waals surface area contributed by atoms with Gasteiger partial charge in [0.1, 0.15) is 10.9 Å². The molecule has 0 radical (unpaired) electrons. The normalized spacial score (nSPS) is 25.6. The topological polar surface area (TPSA) is 90.9 Å². The number of likely N-dealkylation sites (tertiary alicyclic amines) is 1. The highest BCUT2D eigenvalue weighted by molar-refractivity contribution is 7.90. The highest BCUT2D eigenvalue weighted by Crippen LogP contribution is 2.31. The first kappa shape index (κ1) is 21.1. The lowest BCUT2D eigenvalue weighted by molar-refractivity contribution is -0.124. The van der Waals surface area contributed by atoms with E-state index in [1.807, 2.05) is 4.90 Å². The summed E-state index contributed by atoms with van der Waals surface area (Å²) in [5.74, 6) is 1.01. The van der Waals surface area contributed by atoms with Crippen molar-refractivity contribution in [3.8, 4) is 0 Å². The van der Waals surface area contributed by atoms with Gasteiger partial charge in [-0.3, -0.25) is 4.79 Å². The highest BCUT2D eigenvalue weighted by Gasteiger charge is 2.39. The van der Waals surface area contributed by atoms with Crippen LogP contribution in [0.25, 0.3) is 0 Å². The van der Waals surface area contributed by atoms with E-state index >= 15 is 0 Å². The van der Waals surface area contributed by atoms with Crippen molar-refractivity contribution in [2.24, 2.45) is 10.3 Å². The Bertz CT molecular complexity index is 852. The van der Waals surface area contributed by atoms with Gasteiger partial charge in [0, 0.05) is 18.7 Å². The maximum atomic E-state index is 12.8. The van der Waals surface area contributed by atoms with Crippen LogP contribution in [0.15, 0.2) is 33.6 Å². The molecule has 0 bridgehead atoms. The first-order valence-electron chi connectivity index (χ1n) is 9.76. The summed E-state index contributed by atoms with van der Waals surface area (Å²) in [6.45, 7) is 3.42. The zero-order chi connectivity index (χ0) is 18.9. The number of piperidine rings is 1. The lowest BCUT2D eigenvalue weighted by Gasteiger charge is -2.26. The van der Waals surface area contributed by atoms with Crippen molar-refractivity contribution in [2.75, 3.05) is 26.2 Å². The number of nitrogens with one attached hydrogen (secondary N) is 2. The van der Waals surface area contributed by atoms with E-state index in [4.69, 9.17) is 0 Å². The van der Waals surface area contributed by atoms with E-state index in [-0.39, 0.29) is 29.3 Å². The second-order valence-electron chi connectivity index (χ2n) is 7.53. The number of carbonyl (C=O) groups is 1. The number of carbonyl (C=O) groups excluding carboxylic acids is 1. The SMILES string of the molecule is Cl.O=C(NCCC1CCCNC1)C1CCCN1C1=NS(=O)(=O)c2ccccc21. The van der Waals surface area contributed by atoms with Gasteiger partial charge in [-0.15, -0.1) is 16.8 Å². The smallest absolute Gasteiger partial charge is 0.285 e. The Morgan fingerprint density at radius 1 is 1.25 bits per heavy atom. The molecule has 1 amide bonds. The van der Waals surface area contributed by atoms with Crippen LogP contribution in [-0.2, 0) is 14.8 Å². The fourth-order valence-electron chi connectivity index (χ4n) is 4.28. The number of hydrogen-bond acceptors (Lipinski definition) is 5. The van der Waals surface area contributed by atoms with Crippen molar-refractivity contribution in [3.63, 3.8) is 0 Å². The van der Waals surface area contributed by atoms with Crippen molar-refractivity contribution < 1.29 is 13.2 Å². The van der Waals surface area contributed by atoms with E-state index in [9.17, 15) is 13.2 Å². The first-order chi connectivity index (χ1) is 13.1. The minimum absolute atomic E-state index is 0. The van der Waals surface area contributed by atoms with Crippen molar-refractivity contribution in [1.82, 2.24) is 15.5 Å². The Hall–Kier alpha value is -1.64. The van der Waals surface area contributed by atoms with Crippen LogP contribution in [0.3, 0.4) is 0 Å². The third-order valence-electron chi connectivity index (χ3n) is 5.69. The monoisotopic (exact) mass is 426 g/mol. The maximum absolute atomic E-state index is 12.8. The molecule has 2 N–H and O–H groups in total. The summed E-state index contributed by atoms with van der Waals surface area (Å²) in [4.78, 5) is 14.8. The summed E-state index contributed by atoms with van der Waals surface area (Å²) >= 11 is 0. The van der Waals surface area contributed by atoms with E-state index in [1.54, 1.807) is 24.3 Å². The second kappa shape index (κ2) is 8.80. The van der Waals surface area contributed by atoms with Gasteiger partial charge < -0.3 is 15.5 Å². The van der Waals surface area contributed by atoms with Crippen LogP contribution in [-0.4, -0.2) is 57.3 Å². The predicted octanol–water partition coefficient (Wildman–Crippen LogP) is 1.53. The molecule has 3 heterocycles. The molecule has 2 saturated heterocycles. The lowest BCUT2D eigenvalue weighted by Crippen LogP contribution is -2.46. The van der Waals surface area contributed by atoms with Crippen LogP contribution in [0.5, 0.6) is 0 Å². The first-order valence-corrected chi connectivity index (χ1v) is 11.2. The Balaban J connectivity index is 0.00000225. The quantitative estimate of drug-likeness (QED) is 0.761. The highest BCUT2D eigenvalue weighted by atomic mass is 35.5. The van der Waals surface area contributed by atoms with Gasteiger partial charge in [-0.2, -0.15) is 8.42 Å². The molecule has 2 fully saturated rings. The molecule has 2 unspecified atom stereocenters. The molecule has 7 nitrogen and oxygen atoms in total. The molecule has 2 atom stereocenters. The molecule has 3 aliphatic heterocycles. The molecule has 1 aromatic carbocycles. The molecule has 0 spiro atoms. The molecule has 0 aromatic heterocycles. The maximum Gasteiger partial charge on any atom is 0.285 e. The Morgan fingerprint density at radius 3 is 2.86 bits per heavy atom. The average Bonchev–Trinajstić information content (AvgIpc) is 3.26. The van der Waals surface area contributed by atoms with Gasteiger partial charge in [0.25, 0.3) is 10.0 Å². The number of nitrogens with zero attached hydrogens (tertiary/aromatic N) is 2. The van der Waals surface area contributed by atoms with Crippen LogP contribution in [0.4, 0.5) is 0 Å². The third-order valence-corrected chi connectivity index (χ3v) is 7.02. The van der Waals surface area contributed by atoms with E-state index < -0.39 is 10.0 Å². The summed E-state index contributed by atoms with van der Waals surface area (Å²) in [7, 11) is -3.67. The number of halogens is 1. The van der Waals surface area contributed by atoms with Gasteiger partial charge in [-0.25, -0.2) is 0 Å². The number of amidine groups is 1. The Kier molecular flexibility index (Phi) is 6.62. The van der Waals surface area contributed by atoms with Crippen molar-refractivity contribution in [2.45, 2.75) is 43.0 Å². The van der Waals surface area contributed by atoms with E-state index in [0.29, 0.717) is 30.4 Å². The number of amides is 1. The minimum atomic E-state index is -3.67. The summed E-state index contributed by atoms with van der Waals surface area (Å²) in [6, 6.07) is 6.49. The Morgan fingerprint density at radius 2 is 2.07 bits per heavy atom. The number of hydrogen-bond donors (Lipinski definition) is 2. The fraction of sp³-hybridized carbons (Fsp3) is 0.579. The average molecular weight is 427 g/mol. The third kappa shape index (κ3) is 4.18. The van der Waals surface area contributed by atoms with Gasteiger partial charge in [0.2, 0.25) is 5.91 Å². The van der Waals surface area contributed by atoms with Crippen molar-refractivity contribution >= 4 is 34.2 Å². The zero-order valence-corrected chi connectivity index (χ0v) is 17.4. The predicted molar refractivity (Wildman–Crippen MR) is 110 cm³/mol. The standard InChI is InChI=1S/C19H26N4O3S.ClH/c24-19(21-11-9-14-5-3-10-20-13-14)16-7-4-12-23(16)18-15-6-1-2-8-17(15)27(25,26)22-18;/h1-2,6,8,14,16,20H,3-5,7,9-13H2,(H,21,24);1H. The van der Waals surface area contributed by atoms with Gasteiger partial charge in [0.05, 0.1) is 0 Å². The molecule has 0 aliphatic carbocycles. The molecule has 154 valence electrons. The van der Waals surface area contributed by atoms with Gasteiger partial charge in [-0.1, -0.05) is 12.1 Å². The fourth-order valence-corrected chi connectivity index (χ4v) is 5.49. The number of rotatable bonds is 4. The van der Waals surface area contributed by atoms with Crippen molar-refractivity contribution in [3.05, 3.63) is 29.8 Å². The lowest BCUT2D eigenvalue weighted by atomic mass is 9.96. The number of fused-ring (bicyclic) bond motifs is 1. The minimum Gasteiger partial charge on any atom is -0.354 e. The second-order valence-corrected chi connectivity index (χ2v) is 9.10. The molecule has 4 rings (SSSR count). The molecule has 3 aliphatic rings. The van der Waals surface area contributed by atoms with Crippen molar-refractivity contribution in [1.29, 1.82) is 0 Å². The summed E-state index contributed by atoms with van der Waals surface area (Å²) < 4.78 is 28.6. The molecule has 1 aromatic rings.